The third kappa shape index (κ3) is 4.83. The number of rotatable bonds is 5. The minimum Gasteiger partial charge on any atom is -0.351 e. The van der Waals surface area contributed by atoms with Gasteiger partial charge in [-0.3, -0.25) is 4.79 Å². The van der Waals surface area contributed by atoms with Crippen molar-refractivity contribution in [2.45, 2.75) is 31.8 Å². The highest BCUT2D eigenvalue weighted by Gasteiger charge is 2.21. The molecule has 1 atom stereocenters. The summed E-state index contributed by atoms with van der Waals surface area (Å²) in [5.41, 5.74) is 3.17. The first-order valence-electron chi connectivity index (χ1n) is 10.7. The first kappa shape index (κ1) is 20.6. The molecule has 0 saturated heterocycles. The summed E-state index contributed by atoms with van der Waals surface area (Å²) in [4.78, 5) is 21.5. The van der Waals surface area contributed by atoms with E-state index in [2.05, 4.69) is 37.5 Å². The van der Waals surface area contributed by atoms with Gasteiger partial charge in [0.15, 0.2) is 0 Å². The Bertz CT molecular complexity index is 1380. The van der Waals surface area contributed by atoms with Crippen molar-refractivity contribution >= 4 is 17.4 Å². The van der Waals surface area contributed by atoms with E-state index in [4.69, 9.17) is 0 Å². The first-order valence-corrected chi connectivity index (χ1v) is 10.7. The fourth-order valence-corrected chi connectivity index (χ4v) is 3.39. The molecule has 8 heteroatoms. The van der Waals surface area contributed by atoms with Gasteiger partial charge in [0, 0.05) is 30.2 Å². The zero-order valence-electron chi connectivity index (χ0n) is 17.9. The standard InChI is InChI=1S/C25H21FN6O/c1-16(19-3-2-4-20(26)12-19)30-24(33)22-15-29-32-10-9-17(11-23(22)32)5-6-18-13-27-25(28-14-18)31-21-7-8-21/h2-4,9-16,21H,7-8H2,1H3,(H,30,33)(H,27,28,31)/t16-/m0/s1. The molecule has 0 bridgehead atoms. The van der Waals surface area contributed by atoms with Crippen LogP contribution in [0.3, 0.4) is 0 Å². The molecule has 3 aromatic heterocycles. The second-order valence-corrected chi connectivity index (χ2v) is 8.02. The number of benzene rings is 1. The van der Waals surface area contributed by atoms with Gasteiger partial charge in [0.2, 0.25) is 5.95 Å². The minimum atomic E-state index is -0.358. The molecular weight excluding hydrogens is 419 g/mol. The zero-order chi connectivity index (χ0) is 22.8. The maximum absolute atomic E-state index is 13.5. The Morgan fingerprint density at radius 2 is 1.91 bits per heavy atom. The monoisotopic (exact) mass is 440 g/mol. The van der Waals surface area contributed by atoms with Crippen LogP contribution in [0.1, 0.15) is 52.9 Å². The number of carbonyl (C=O) groups excluding carboxylic acids is 1. The summed E-state index contributed by atoms with van der Waals surface area (Å²) in [5, 5.41) is 10.4. The van der Waals surface area contributed by atoms with Gasteiger partial charge in [0.05, 0.1) is 28.9 Å². The second kappa shape index (κ2) is 8.71. The molecule has 33 heavy (non-hydrogen) atoms. The van der Waals surface area contributed by atoms with Gasteiger partial charge in [-0.15, -0.1) is 0 Å². The summed E-state index contributed by atoms with van der Waals surface area (Å²) in [7, 11) is 0. The number of carbonyl (C=O) groups is 1. The SMILES string of the molecule is C[C@H](NC(=O)c1cnn2ccc(C#Cc3cnc(NC4CC4)nc3)cc12)c1cccc(F)c1. The highest BCUT2D eigenvalue weighted by molar-refractivity contribution is 6.00. The van der Waals surface area contributed by atoms with Crippen LogP contribution in [0.2, 0.25) is 0 Å². The van der Waals surface area contributed by atoms with E-state index in [1.54, 1.807) is 35.2 Å². The zero-order valence-corrected chi connectivity index (χ0v) is 17.9. The van der Waals surface area contributed by atoms with Crippen LogP contribution in [0.5, 0.6) is 0 Å². The summed E-state index contributed by atoms with van der Waals surface area (Å²) >= 11 is 0. The topological polar surface area (TPSA) is 84.2 Å². The van der Waals surface area contributed by atoms with Gasteiger partial charge in [0.1, 0.15) is 5.82 Å². The number of nitrogens with zero attached hydrogens (tertiary/aromatic N) is 4. The van der Waals surface area contributed by atoms with Crippen LogP contribution >= 0.6 is 0 Å². The largest absolute Gasteiger partial charge is 0.351 e. The van der Waals surface area contributed by atoms with Crippen molar-refractivity contribution in [2.75, 3.05) is 5.32 Å². The molecule has 1 aromatic carbocycles. The first-order chi connectivity index (χ1) is 16.0. The van der Waals surface area contributed by atoms with Crippen LogP contribution in [-0.2, 0) is 0 Å². The van der Waals surface area contributed by atoms with E-state index in [1.807, 2.05) is 19.1 Å². The Morgan fingerprint density at radius 3 is 2.67 bits per heavy atom. The summed E-state index contributed by atoms with van der Waals surface area (Å²) in [5.74, 6) is 6.13. The van der Waals surface area contributed by atoms with Gasteiger partial charge >= 0.3 is 0 Å². The minimum absolute atomic E-state index is 0.293. The normalized spacial score (nSPS) is 13.8. The van der Waals surface area contributed by atoms with E-state index in [1.165, 1.54) is 18.3 Å². The molecule has 1 aliphatic rings. The van der Waals surface area contributed by atoms with Crippen molar-refractivity contribution in [3.8, 4) is 11.8 Å². The molecule has 164 valence electrons. The number of hydrogen-bond acceptors (Lipinski definition) is 5. The van der Waals surface area contributed by atoms with E-state index >= 15 is 0 Å². The van der Waals surface area contributed by atoms with Gasteiger partial charge in [-0.1, -0.05) is 24.0 Å². The van der Waals surface area contributed by atoms with Crippen LogP contribution in [0.25, 0.3) is 5.52 Å². The number of aromatic nitrogens is 4. The molecular formula is C25H21FN6O. The van der Waals surface area contributed by atoms with E-state index in [-0.39, 0.29) is 17.8 Å². The van der Waals surface area contributed by atoms with E-state index in [0.717, 1.165) is 18.4 Å². The lowest BCUT2D eigenvalue weighted by Crippen LogP contribution is -2.26. The molecule has 1 saturated carbocycles. The lowest BCUT2D eigenvalue weighted by molar-refractivity contribution is 0.0941. The highest BCUT2D eigenvalue weighted by atomic mass is 19.1. The van der Waals surface area contributed by atoms with Crippen LogP contribution in [0, 0.1) is 17.7 Å². The van der Waals surface area contributed by atoms with E-state index in [9.17, 15) is 9.18 Å². The van der Waals surface area contributed by atoms with Crippen LogP contribution in [0.4, 0.5) is 10.3 Å². The number of hydrogen-bond donors (Lipinski definition) is 2. The Hall–Kier alpha value is -4.25. The lowest BCUT2D eigenvalue weighted by atomic mass is 10.1. The summed E-state index contributed by atoms with van der Waals surface area (Å²) in [6, 6.07) is 9.95. The summed E-state index contributed by atoms with van der Waals surface area (Å²) in [6.45, 7) is 1.81. The maximum Gasteiger partial charge on any atom is 0.255 e. The second-order valence-electron chi connectivity index (χ2n) is 8.02. The molecule has 5 rings (SSSR count). The van der Waals surface area contributed by atoms with Gasteiger partial charge in [-0.2, -0.15) is 5.10 Å². The molecule has 0 aliphatic heterocycles. The molecule has 4 aromatic rings. The predicted octanol–water partition coefficient (Wildman–Crippen LogP) is 3.73. The predicted molar refractivity (Wildman–Crippen MR) is 122 cm³/mol. The van der Waals surface area contributed by atoms with Crippen molar-refractivity contribution in [1.29, 1.82) is 0 Å². The molecule has 0 radical (unpaired) electrons. The fourth-order valence-electron chi connectivity index (χ4n) is 3.39. The average Bonchev–Trinajstić information content (AvgIpc) is 3.53. The van der Waals surface area contributed by atoms with Crippen LogP contribution in [0.15, 0.2) is 61.2 Å². The third-order valence-corrected chi connectivity index (χ3v) is 5.38. The Labute approximate surface area is 190 Å². The molecule has 3 heterocycles. The molecule has 2 N–H and O–H groups in total. The lowest BCUT2D eigenvalue weighted by Gasteiger charge is -2.14. The number of anilines is 1. The number of halogens is 1. The number of nitrogens with one attached hydrogen (secondary N) is 2. The van der Waals surface area contributed by atoms with Crippen molar-refractivity contribution in [1.82, 2.24) is 24.9 Å². The van der Waals surface area contributed by atoms with Gasteiger partial charge < -0.3 is 10.6 Å². The molecule has 0 spiro atoms. The summed E-state index contributed by atoms with van der Waals surface area (Å²) in [6.07, 6.45) is 8.96. The summed E-state index contributed by atoms with van der Waals surface area (Å²) < 4.78 is 15.1. The van der Waals surface area contributed by atoms with Crippen molar-refractivity contribution in [3.05, 3.63) is 89.3 Å². The molecule has 1 amide bonds. The highest BCUT2D eigenvalue weighted by Crippen LogP contribution is 2.22. The molecule has 1 aliphatic carbocycles. The van der Waals surface area contributed by atoms with Gasteiger partial charge in [-0.25, -0.2) is 18.9 Å². The Kier molecular flexibility index (Phi) is 5.45. The Balaban J connectivity index is 1.33. The number of fused-ring (bicyclic) bond motifs is 1. The van der Waals surface area contributed by atoms with E-state index < -0.39 is 0 Å². The third-order valence-electron chi connectivity index (χ3n) is 5.38. The number of amides is 1. The number of pyridine rings is 1. The molecule has 1 fully saturated rings. The van der Waals surface area contributed by atoms with Crippen molar-refractivity contribution < 1.29 is 9.18 Å². The van der Waals surface area contributed by atoms with Crippen molar-refractivity contribution in [2.24, 2.45) is 0 Å². The molecule has 0 unspecified atom stereocenters. The quantitative estimate of drug-likeness (QED) is 0.462. The Morgan fingerprint density at radius 1 is 1.12 bits per heavy atom. The van der Waals surface area contributed by atoms with Gasteiger partial charge in [0.25, 0.3) is 5.91 Å². The smallest absolute Gasteiger partial charge is 0.255 e. The maximum atomic E-state index is 13.5. The van der Waals surface area contributed by atoms with Crippen LogP contribution < -0.4 is 10.6 Å². The van der Waals surface area contributed by atoms with Crippen molar-refractivity contribution in [3.63, 3.8) is 0 Å². The fraction of sp³-hybridized carbons (Fsp3) is 0.200. The van der Waals surface area contributed by atoms with E-state index in [0.29, 0.717) is 34.2 Å². The average molecular weight is 440 g/mol. The van der Waals surface area contributed by atoms with Crippen LogP contribution in [-0.4, -0.2) is 31.5 Å². The molecule has 7 nitrogen and oxygen atoms in total. The van der Waals surface area contributed by atoms with Gasteiger partial charge in [-0.05, 0) is 49.6 Å².